The maximum atomic E-state index is 13.6. The second-order valence-electron chi connectivity index (χ2n) is 13.3. The number of piperidine rings is 1. The highest BCUT2D eigenvalue weighted by molar-refractivity contribution is 7.93. The number of nitrogens with zero attached hydrogens (tertiary/aromatic N) is 3. The van der Waals surface area contributed by atoms with Crippen LogP contribution < -0.4 is 10.4 Å². The van der Waals surface area contributed by atoms with Gasteiger partial charge in [-0.05, 0) is 60.4 Å². The van der Waals surface area contributed by atoms with Gasteiger partial charge in [-0.15, -0.1) is 0 Å². The molecule has 3 atom stereocenters. The van der Waals surface area contributed by atoms with Crippen molar-refractivity contribution in [3.8, 4) is 0 Å². The Morgan fingerprint density at radius 1 is 0.882 bits per heavy atom. The molecule has 2 aliphatic rings. The number of H-pyrrole nitrogens is 1. The Kier molecular flexibility index (Phi) is 9.17. The van der Waals surface area contributed by atoms with E-state index in [-0.39, 0.29) is 35.4 Å². The minimum absolute atomic E-state index is 0.0433. The lowest BCUT2D eigenvalue weighted by molar-refractivity contribution is -0.253. The largest absolute Gasteiger partial charge is 0.392 e. The maximum Gasteiger partial charge on any atom is 0.326 e. The predicted octanol–water partition coefficient (Wildman–Crippen LogP) is 6.05. The van der Waals surface area contributed by atoms with Crippen molar-refractivity contribution < 1.29 is 23.0 Å². The van der Waals surface area contributed by atoms with Crippen molar-refractivity contribution in [3.63, 3.8) is 0 Å². The Balaban J connectivity index is 1.01. The van der Waals surface area contributed by atoms with Crippen molar-refractivity contribution in [2.75, 3.05) is 24.4 Å². The molecule has 11 nitrogen and oxygen atoms in total. The highest BCUT2D eigenvalue weighted by Crippen LogP contribution is 2.39. The summed E-state index contributed by atoms with van der Waals surface area (Å²) in [5.41, 5.74) is 4.98. The van der Waals surface area contributed by atoms with Gasteiger partial charge in [-0.1, -0.05) is 66.7 Å². The second kappa shape index (κ2) is 14.0. The highest BCUT2D eigenvalue weighted by Gasteiger charge is 2.34. The first-order valence-electron chi connectivity index (χ1n) is 17.2. The number of hydrogen-bond acceptors (Lipinski definition) is 8. The summed E-state index contributed by atoms with van der Waals surface area (Å²) in [6.07, 6.45) is 2.67. The van der Waals surface area contributed by atoms with E-state index in [1.807, 2.05) is 71.3 Å². The third-order valence-corrected chi connectivity index (χ3v) is 11.3. The summed E-state index contributed by atoms with van der Waals surface area (Å²) >= 11 is 0. The predicted molar refractivity (Wildman–Crippen MR) is 195 cm³/mol. The zero-order valence-electron chi connectivity index (χ0n) is 27.9. The molecule has 2 aromatic heterocycles. The van der Waals surface area contributed by atoms with Crippen LogP contribution in [0.4, 0.5) is 5.69 Å². The van der Waals surface area contributed by atoms with Crippen LogP contribution in [-0.2, 0) is 26.1 Å². The van der Waals surface area contributed by atoms with E-state index in [1.165, 1.54) is 0 Å². The van der Waals surface area contributed by atoms with Gasteiger partial charge < -0.3 is 24.5 Å². The van der Waals surface area contributed by atoms with Crippen LogP contribution in [0.2, 0.25) is 0 Å². The number of pyridine rings is 1. The molecule has 4 aromatic carbocycles. The van der Waals surface area contributed by atoms with Crippen molar-refractivity contribution in [1.82, 2.24) is 19.4 Å². The number of sulfonamides is 1. The van der Waals surface area contributed by atoms with Crippen LogP contribution in [0.3, 0.4) is 0 Å². The lowest BCUT2D eigenvalue weighted by atomic mass is 9.98. The van der Waals surface area contributed by atoms with E-state index in [0.717, 1.165) is 53.5 Å². The molecule has 12 heteroatoms. The SMILES string of the molecule is O=c1[nH]c2ccccc2n1C1CCN(CC2CC(c3ccc(CO)cc3)OC(c3cccc(NS(=O)(=O)c4cccc5cccnc45)c3)O2)CC1. The molecule has 262 valence electrons. The maximum absolute atomic E-state index is 13.6. The Hall–Kier alpha value is -4.85. The molecule has 4 heterocycles. The first-order chi connectivity index (χ1) is 24.8. The zero-order valence-corrected chi connectivity index (χ0v) is 28.7. The van der Waals surface area contributed by atoms with E-state index in [0.29, 0.717) is 29.7 Å². The average Bonchev–Trinajstić information content (AvgIpc) is 3.50. The fraction of sp³-hybridized carbons (Fsp3) is 0.282. The number of rotatable bonds is 9. The van der Waals surface area contributed by atoms with Crippen molar-refractivity contribution in [2.24, 2.45) is 0 Å². The van der Waals surface area contributed by atoms with Gasteiger partial charge in [0.05, 0.1) is 35.4 Å². The number of imidazole rings is 1. The summed E-state index contributed by atoms with van der Waals surface area (Å²) in [5.74, 6) is 0. The summed E-state index contributed by atoms with van der Waals surface area (Å²) in [6.45, 7) is 2.27. The number of para-hydroxylation sites is 3. The molecular weight excluding hydrogens is 667 g/mol. The molecule has 6 aromatic rings. The van der Waals surface area contributed by atoms with Gasteiger partial charge in [-0.3, -0.25) is 14.3 Å². The summed E-state index contributed by atoms with van der Waals surface area (Å²) < 4.78 is 45.0. The van der Waals surface area contributed by atoms with Gasteiger partial charge in [0.2, 0.25) is 0 Å². The molecule has 0 amide bonds. The molecule has 0 spiro atoms. The molecule has 3 N–H and O–H groups in total. The van der Waals surface area contributed by atoms with E-state index in [9.17, 15) is 18.3 Å². The summed E-state index contributed by atoms with van der Waals surface area (Å²) in [5, 5.41) is 10.3. The first-order valence-corrected chi connectivity index (χ1v) is 18.7. The van der Waals surface area contributed by atoms with Gasteiger partial charge in [0.15, 0.2) is 6.29 Å². The lowest BCUT2D eigenvalue weighted by Gasteiger charge is -2.40. The van der Waals surface area contributed by atoms with E-state index < -0.39 is 16.3 Å². The summed E-state index contributed by atoms with van der Waals surface area (Å²) in [4.78, 5) is 22.6. The zero-order chi connectivity index (χ0) is 35.0. The van der Waals surface area contributed by atoms with E-state index in [4.69, 9.17) is 9.47 Å². The molecule has 0 bridgehead atoms. The number of ether oxygens (including phenoxy) is 2. The van der Waals surface area contributed by atoms with Gasteiger partial charge >= 0.3 is 5.69 Å². The minimum atomic E-state index is -3.96. The normalized spacial score (nSPS) is 20.5. The quantitative estimate of drug-likeness (QED) is 0.165. The molecule has 2 fully saturated rings. The van der Waals surface area contributed by atoms with E-state index >= 15 is 0 Å². The second-order valence-corrected chi connectivity index (χ2v) is 14.9. The number of aromatic nitrogens is 3. The monoisotopic (exact) mass is 705 g/mol. The number of likely N-dealkylation sites (tertiary alicyclic amines) is 1. The molecule has 0 aliphatic carbocycles. The van der Waals surface area contributed by atoms with Gasteiger partial charge in [-0.2, -0.15) is 0 Å². The highest BCUT2D eigenvalue weighted by atomic mass is 32.2. The van der Waals surface area contributed by atoms with Gasteiger partial charge in [0, 0.05) is 54.9 Å². The number of aromatic amines is 1. The third kappa shape index (κ3) is 6.93. The molecule has 0 radical (unpaired) electrons. The fourth-order valence-electron chi connectivity index (χ4n) is 7.37. The standard InChI is InChI=1S/C39H39N5O6S/c45-25-26-13-15-27(16-14-26)35-23-32(24-43-20-17-31(18-21-43)44-34-11-2-1-10-33(34)41-39(44)46)49-38(50-35)29-7-3-9-30(22-29)42-51(47,48)36-12-4-6-28-8-5-19-40-37(28)36/h1-16,19,22,31-32,35,38,42,45H,17-18,20-21,23-25H2,(H,41,46). The van der Waals surface area contributed by atoms with Gasteiger partial charge in [0.1, 0.15) is 4.90 Å². The molecule has 51 heavy (non-hydrogen) atoms. The van der Waals surface area contributed by atoms with Crippen molar-refractivity contribution in [1.29, 1.82) is 0 Å². The number of fused-ring (bicyclic) bond motifs is 2. The Labute approximate surface area is 295 Å². The number of aliphatic hydroxyl groups is 1. The Bertz CT molecular complexity index is 2330. The van der Waals surface area contributed by atoms with Crippen molar-refractivity contribution in [3.05, 3.63) is 136 Å². The van der Waals surface area contributed by atoms with Crippen LogP contribution in [0.15, 0.2) is 119 Å². The van der Waals surface area contributed by atoms with Crippen LogP contribution in [-0.4, -0.2) is 58.7 Å². The number of aliphatic hydroxyl groups excluding tert-OH is 1. The number of anilines is 1. The van der Waals surface area contributed by atoms with Crippen LogP contribution in [0.25, 0.3) is 21.9 Å². The topological polar surface area (TPSA) is 139 Å². The molecule has 0 saturated carbocycles. The lowest BCUT2D eigenvalue weighted by Crippen LogP contribution is -2.43. The first kappa shape index (κ1) is 33.3. The van der Waals surface area contributed by atoms with Crippen molar-refractivity contribution in [2.45, 2.75) is 55.3 Å². The Morgan fingerprint density at radius 2 is 1.67 bits per heavy atom. The minimum Gasteiger partial charge on any atom is -0.392 e. The van der Waals surface area contributed by atoms with E-state index in [1.54, 1.807) is 42.6 Å². The van der Waals surface area contributed by atoms with E-state index in [2.05, 4.69) is 19.6 Å². The smallest absolute Gasteiger partial charge is 0.326 e. The number of benzene rings is 4. The van der Waals surface area contributed by atoms with Crippen LogP contribution in [0.1, 0.15) is 54.4 Å². The third-order valence-electron chi connectivity index (χ3n) is 9.92. The van der Waals surface area contributed by atoms with Gasteiger partial charge in [0.25, 0.3) is 10.0 Å². The number of nitrogens with one attached hydrogen (secondary N) is 2. The summed E-state index contributed by atoms with van der Waals surface area (Å²) in [6, 6.07) is 31.5. The van der Waals surface area contributed by atoms with Crippen molar-refractivity contribution >= 4 is 37.6 Å². The van der Waals surface area contributed by atoms with Crippen LogP contribution in [0.5, 0.6) is 0 Å². The molecular formula is C39H39N5O6S. The molecule has 2 aliphatic heterocycles. The summed E-state index contributed by atoms with van der Waals surface area (Å²) in [7, 11) is -3.96. The average molecular weight is 706 g/mol. The Morgan fingerprint density at radius 3 is 2.49 bits per heavy atom. The number of hydrogen-bond donors (Lipinski definition) is 3. The fourth-order valence-corrected chi connectivity index (χ4v) is 8.60. The molecule has 2 saturated heterocycles. The van der Waals surface area contributed by atoms with Crippen LogP contribution in [0, 0.1) is 0 Å². The van der Waals surface area contributed by atoms with Crippen LogP contribution >= 0.6 is 0 Å². The molecule has 8 rings (SSSR count). The van der Waals surface area contributed by atoms with Gasteiger partial charge in [-0.25, -0.2) is 13.2 Å². The molecule has 3 unspecified atom stereocenters.